The van der Waals surface area contributed by atoms with Crippen molar-refractivity contribution in [2.45, 2.75) is 64.0 Å². The number of rotatable bonds is 6. The number of hydrogen-bond acceptors (Lipinski definition) is 3. The van der Waals surface area contributed by atoms with E-state index >= 15 is 0 Å². The lowest BCUT2D eigenvalue weighted by atomic mass is 9.48. The van der Waals surface area contributed by atoms with Gasteiger partial charge in [0.15, 0.2) is 0 Å². The van der Waals surface area contributed by atoms with Gasteiger partial charge in [-0.2, -0.15) is 0 Å². The first-order chi connectivity index (χ1) is 10.0. The van der Waals surface area contributed by atoms with Crippen LogP contribution in [0, 0.1) is 23.2 Å². The van der Waals surface area contributed by atoms with Gasteiger partial charge >= 0.3 is 0 Å². The highest BCUT2D eigenvalue weighted by molar-refractivity contribution is 5.76. The van der Waals surface area contributed by atoms with E-state index in [2.05, 4.69) is 12.2 Å². The van der Waals surface area contributed by atoms with Crippen LogP contribution < -0.4 is 11.1 Å². The Balaban J connectivity index is 1.60. The smallest absolute Gasteiger partial charge is 0.222 e. The molecule has 4 saturated carbocycles. The molecule has 0 aromatic heterocycles. The number of carbonyl (C=O) groups is 1. The fourth-order valence-corrected chi connectivity index (χ4v) is 5.63. The van der Waals surface area contributed by atoms with E-state index in [9.17, 15) is 4.79 Å². The number of carbonyl (C=O) groups excluding carboxylic acids is 1. The highest BCUT2D eigenvalue weighted by atomic mass is 16.5. The Hall–Kier alpha value is -0.610. The number of nitrogens with one attached hydrogen (secondary N) is 1. The van der Waals surface area contributed by atoms with Crippen LogP contribution in [-0.4, -0.2) is 31.7 Å². The molecular weight excluding hydrogens is 264 g/mol. The Morgan fingerprint density at radius 1 is 1.24 bits per heavy atom. The van der Waals surface area contributed by atoms with Gasteiger partial charge in [-0.25, -0.2) is 0 Å². The van der Waals surface area contributed by atoms with Crippen LogP contribution in [0.3, 0.4) is 0 Å². The topological polar surface area (TPSA) is 64.3 Å². The van der Waals surface area contributed by atoms with Crippen molar-refractivity contribution in [3.05, 3.63) is 0 Å². The van der Waals surface area contributed by atoms with E-state index in [0.29, 0.717) is 18.4 Å². The number of nitrogens with two attached hydrogens (primary N) is 1. The van der Waals surface area contributed by atoms with Gasteiger partial charge in [0.05, 0.1) is 12.5 Å². The largest absolute Gasteiger partial charge is 0.380 e. The molecule has 4 heteroatoms. The van der Waals surface area contributed by atoms with Gasteiger partial charge in [0.1, 0.15) is 0 Å². The second-order valence-corrected chi connectivity index (χ2v) is 7.87. The van der Waals surface area contributed by atoms with Gasteiger partial charge in [-0.1, -0.05) is 0 Å². The molecule has 1 amide bonds. The van der Waals surface area contributed by atoms with Crippen LogP contribution in [0.2, 0.25) is 0 Å². The normalized spacial score (nSPS) is 40.0. The number of methoxy groups -OCH3 is 1. The predicted molar refractivity (Wildman–Crippen MR) is 82.7 cm³/mol. The predicted octanol–water partition coefficient (Wildman–Crippen LogP) is 2.07. The molecule has 0 spiro atoms. The van der Waals surface area contributed by atoms with Gasteiger partial charge in [0, 0.05) is 19.7 Å². The molecule has 4 nitrogen and oxygen atoms in total. The Labute approximate surface area is 128 Å². The SMILES string of the molecule is COC(CN)CC(=O)NC(C)C12CC3CC(CC(C3)C1)C2. The summed E-state index contributed by atoms with van der Waals surface area (Å²) in [6.45, 7) is 2.62. The Bertz CT molecular complexity index is 357. The van der Waals surface area contributed by atoms with Gasteiger partial charge in [-0.3, -0.25) is 4.79 Å². The van der Waals surface area contributed by atoms with Crippen molar-refractivity contribution in [1.82, 2.24) is 5.32 Å². The van der Waals surface area contributed by atoms with Crippen LogP contribution in [0.25, 0.3) is 0 Å². The van der Waals surface area contributed by atoms with E-state index in [0.717, 1.165) is 17.8 Å². The van der Waals surface area contributed by atoms with Crippen molar-refractivity contribution in [3.63, 3.8) is 0 Å². The summed E-state index contributed by atoms with van der Waals surface area (Å²) in [6, 6.07) is 0.286. The van der Waals surface area contributed by atoms with Crippen molar-refractivity contribution in [2.75, 3.05) is 13.7 Å². The summed E-state index contributed by atoms with van der Waals surface area (Å²) in [5.41, 5.74) is 5.97. The molecule has 4 rings (SSSR count). The summed E-state index contributed by atoms with van der Waals surface area (Å²) in [7, 11) is 1.62. The standard InChI is InChI=1S/C17H30N2O2/c1-11(19-16(20)6-15(10-18)21-2)17-7-12-3-13(8-17)5-14(4-12)9-17/h11-15H,3-10,18H2,1-2H3,(H,19,20). The molecule has 21 heavy (non-hydrogen) atoms. The maximum Gasteiger partial charge on any atom is 0.222 e. The highest BCUT2D eigenvalue weighted by Gasteiger charge is 2.53. The van der Waals surface area contributed by atoms with Crippen molar-refractivity contribution in [2.24, 2.45) is 28.9 Å². The molecule has 2 unspecified atom stereocenters. The van der Waals surface area contributed by atoms with Gasteiger partial charge in [0.2, 0.25) is 5.91 Å². The zero-order chi connectivity index (χ0) is 15.0. The lowest BCUT2D eigenvalue weighted by molar-refractivity contribution is -0.128. The van der Waals surface area contributed by atoms with E-state index < -0.39 is 0 Å². The Kier molecular flexibility index (Phi) is 4.28. The summed E-state index contributed by atoms with van der Waals surface area (Å²) in [4.78, 5) is 12.2. The van der Waals surface area contributed by atoms with Crippen molar-refractivity contribution < 1.29 is 9.53 Å². The summed E-state index contributed by atoms with van der Waals surface area (Å²) in [6.07, 6.45) is 8.52. The minimum absolute atomic E-state index is 0.0931. The number of amides is 1. The second kappa shape index (κ2) is 5.88. The van der Waals surface area contributed by atoms with E-state index in [1.165, 1.54) is 38.5 Å². The maximum atomic E-state index is 12.2. The first-order valence-electron chi connectivity index (χ1n) is 8.57. The van der Waals surface area contributed by atoms with Crippen LogP contribution in [0.1, 0.15) is 51.9 Å². The Morgan fingerprint density at radius 3 is 2.19 bits per heavy atom. The van der Waals surface area contributed by atoms with Crippen LogP contribution in [0.4, 0.5) is 0 Å². The molecule has 3 N–H and O–H groups in total. The van der Waals surface area contributed by atoms with Gasteiger partial charge in [-0.15, -0.1) is 0 Å². The number of hydrogen-bond donors (Lipinski definition) is 2. The molecule has 4 fully saturated rings. The van der Waals surface area contributed by atoms with Gasteiger partial charge in [-0.05, 0) is 68.6 Å². The number of ether oxygens (including phenoxy) is 1. The molecule has 0 heterocycles. The van der Waals surface area contributed by atoms with Crippen molar-refractivity contribution in [3.8, 4) is 0 Å². The van der Waals surface area contributed by atoms with Gasteiger partial charge in [0.25, 0.3) is 0 Å². The van der Waals surface area contributed by atoms with Crippen molar-refractivity contribution in [1.29, 1.82) is 0 Å². The molecule has 0 aliphatic heterocycles. The zero-order valence-electron chi connectivity index (χ0n) is 13.4. The average molecular weight is 294 g/mol. The fraction of sp³-hybridized carbons (Fsp3) is 0.941. The average Bonchev–Trinajstić information content (AvgIpc) is 2.43. The highest BCUT2D eigenvalue weighted by Crippen LogP contribution is 2.61. The Morgan fingerprint density at radius 2 is 1.76 bits per heavy atom. The van der Waals surface area contributed by atoms with Crippen LogP contribution >= 0.6 is 0 Å². The summed E-state index contributed by atoms with van der Waals surface area (Å²) in [5, 5.41) is 3.26. The molecule has 4 aliphatic carbocycles. The van der Waals surface area contributed by atoms with E-state index in [-0.39, 0.29) is 18.1 Å². The molecular formula is C17H30N2O2. The minimum atomic E-state index is -0.159. The third kappa shape index (κ3) is 2.98. The first kappa shape index (κ1) is 15.3. The summed E-state index contributed by atoms with van der Waals surface area (Å²) < 4.78 is 5.22. The summed E-state index contributed by atoms with van der Waals surface area (Å²) >= 11 is 0. The zero-order valence-corrected chi connectivity index (χ0v) is 13.4. The van der Waals surface area contributed by atoms with E-state index in [1.807, 2.05) is 0 Å². The molecule has 4 aliphatic rings. The lowest BCUT2D eigenvalue weighted by Crippen LogP contribution is -2.56. The third-order valence-electron chi connectivity index (χ3n) is 6.39. The fourth-order valence-electron chi connectivity index (χ4n) is 5.63. The minimum Gasteiger partial charge on any atom is -0.380 e. The van der Waals surface area contributed by atoms with Crippen LogP contribution in [-0.2, 0) is 9.53 Å². The molecule has 0 aromatic rings. The van der Waals surface area contributed by atoms with Crippen LogP contribution in [0.15, 0.2) is 0 Å². The molecule has 4 bridgehead atoms. The third-order valence-corrected chi connectivity index (χ3v) is 6.39. The second-order valence-electron chi connectivity index (χ2n) is 7.87. The quantitative estimate of drug-likeness (QED) is 0.788. The molecule has 0 radical (unpaired) electrons. The molecule has 2 atom stereocenters. The maximum absolute atomic E-state index is 12.2. The molecule has 0 saturated heterocycles. The summed E-state index contributed by atoms with van der Waals surface area (Å²) in [5.74, 6) is 2.86. The first-order valence-corrected chi connectivity index (χ1v) is 8.57. The molecule has 120 valence electrons. The van der Waals surface area contributed by atoms with Gasteiger partial charge < -0.3 is 15.8 Å². The van der Waals surface area contributed by atoms with Crippen LogP contribution in [0.5, 0.6) is 0 Å². The van der Waals surface area contributed by atoms with E-state index in [4.69, 9.17) is 10.5 Å². The monoisotopic (exact) mass is 294 g/mol. The lowest BCUT2D eigenvalue weighted by Gasteiger charge is -2.59. The van der Waals surface area contributed by atoms with Crippen molar-refractivity contribution >= 4 is 5.91 Å². The van der Waals surface area contributed by atoms with E-state index in [1.54, 1.807) is 7.11 Å². The molecule has 0 aromatic carbocycles.